The van der Waals surface area contributed by atoms with Crippen LogP contribution in [0.2, 0.25) is 0 Å². The molecule has 3 heterocycles. The van der Waals surface area contributed by atoms with Crippen molar-refractivity contribution in [3.63, 3.8) is 0 Å². The maximum atomic E-state index is 13.0. The van der Waals surface area contributed by atoms with E-state index in [9.17, 15) is 4.79 Å². The number of fused-ring (bicyclic) bond motifs is 1. The predicted octanol–water partition coefficient (Wildman–Crippen LogP) is 2.15. The van der Waals surface area contributed by atoms with Gasteiger partial charge in [-0.1, -0.05) is 5.16 Å². The second-order valence-corrected chi connectivity index (χ2v) is 7.68. The summed E-state index contributed by atoms with van der Waals surface area (Å²) >= 11 is 0. The van der Waals surface area contributed by atoms with E-state index in [0.717, 1.165) is 49.9 Å². The van der Waals surface area contributed by atoms with Crippen LogP contribution < -0.4 is 10.6 Å². The number of pyridine rings is 1. The van der Waals surface area contributed by atoms with Crippen molar-refractivity contribution < 1.29 is 14.1 Å². The molecule has 2 fully saturated rings. The Labute approximate surface area is 152 Å². The van der Waals surface area contributed by atoms with Crippen molar-refractivity contribution in [3.8, 4) is 0 Å². The third-order valence-corrected chi connectivity index (χ3v) is 5.62. The molecule has 7 heteroatoms. The van der Waals surface area contributed by atoms with Crippen LogP contribution in [-0.4, -0.2) is 49.4 Å². The second kappa shape index (κ2) is 6.96. The van der Waals surface area contributed by atoms with Crippen molar-refractivity contribution in [2.45, 2.75) is 38.5 Å². The number of hydrogen-bond acceptors (Lipinski definition) is 6. The van der Waals surface area contributed by atoms with E-state index in [1.807, 2.05) is 13.0 Å². The number of ether oxygens (including phenoxy) is 1. The molecule has 0 bridgehead atoms. The quantitative estimate of drug-likeness (QED) is 0.822. The summed E-state index contributed by atoms with van der Waals surface area (Å²) in [7, 11) is 1.72. The normalized spacial score (nSPS) is 19.6. The first-order valence-corrected chi connectivity index (χ1v) is 9.37. The number of rotatable bonds is 6. The molecule has 140 valence electrons. The molecule has 0 spiro atoms. The maximum Gasteiger partial charge on any atom is 0.259 e. The van der Waals surface area contributed by atoms with Crippen molar-refractivity contribution in [3.05, 3.63) is 23.0 Å². The van der Waals surface area contributed by atoms with Gasteiger partial charge >= 0.3 is 0 Å². The highest BCUT2D eigenvalue weighted by Crippen LogP contribution is 2.40. The van der Waals surface area contributed by atoms with Crippen molar-refractivity contribution in [1.82, 2.24) is 20.8 Å². The minimum Gasteiger partial charge on any atom is -0.384 e. The average molecular weight is 358 g/mol. The van der Waals surface area contributed by atoms with Gasteiger partial charge in [0.1, 0.15) is 0 Å². The SMILES string of the molecule is COCC1(CNC(=O)c2cc(C3CC3)nc3onc(C)c23)CCNCC1. The lowest BCUT2D eigenvalue weighted by atomic mass is 9.79. The smallest absolute Gasteiger partial charge is 0.259 e. The number of aromatic nitrogens is 2. The molecule has 0 unspecified atom stereocenters. The molecule has 1 saturated carbocycles. The maximum absolute atomic E-state index is 13.0. The Bertz CT molecular complexity index is 801. The molecule has 7 nitrogen and oxygen atoms in total. The first kappa shape index (κ1) is 17.4. The first-order chi connectivity index (χ1) is 12.6. The molecule has 2 aliphatic rings. The fraction of sp³-hybridized carbons (Fsp3) is 0.632. The molecule has 1 amide bonds. The van der Waals surface area contributed by atoms with Gasteiger partial charge in [0.05, 0.1) is 23.3 Å². The summed E-state index contributed by atoms with van der Waals surface area (Å²) in [6.45, 7) is 5.01. The summed E-state index contributed by atoms with van der Waals surface area (Å²) < 4.78 is 10.8. The molecule has 1 saturated heterocycles. The fourth-order valence-corrected chi connectivity index (χ4v) is 3.88. The Morgan fingerprint density at radius 2 is 2.19 bits per heavy atom. The van der Waals surface area contributed by atoms with E-state index >= 15 is 0 Å². The fourth-order valence-electron chi connectivity index (χ4n) is 3.88. The molecule has 4 rings (SSSR count). The third kappa shape index (κ3) is 3.33. The molecule has 1 aliphatic carbocycles. The number of aryl methyl sites for hydroxylation is 1. The van der Waals surface area contributed by atoms with Crippen LogP contribution in [-0.2, 0) is 4.74 Å². The Kier molecular flexibility index (Phi) is 4.67. The number of amides is 1. The van der Waals surface area contributed by atoms with E-state index < -0.39 is 0 Å². The zero-order valence-electron chi connectivity index (χ0n) is 15.4. The van der Waals surface area contributed by atoms with Gasteiger partial charge in [0.25, 0.3) is 11.6 Å². The van der Waals surface area contributed by atoms with Crippen LogP contribution >= 0.6 is 0 Å². The van der Waals surface area contributed by atoms with Gasteiger partial charge < -0.3 is 19.9 Å². The number of nitrogens with zero attached hydrogens (tertiary/aromatic N) is 2. The van der Waals surface area contributed by atoms with Crippen molar-refractivity contribution >= 4 is 17.0 Å². The van der Waals surface area contributed by atoms with E-state index in [0.29, 0.717) is 36.0 Å². The summed E-state index contributed by atoms with van der Waals surface area (Å²) in [6, 6.07) is 1.92. The standard InChI is InChI=1S/C19H26N4O3/c1-12-16-14(9-15(13-3-4-13)22-18(16)26-23-12)17(24)21-10-19(11-25-2)5-7-20-8-6-19/h9,13,20H,3-8,10-11H2,1-2H3,(H,21,24). The lowest BCUT2D eigenvalue weighted by Gasteiger charge is -2.37. The van der Waals surface area contributed by atoms with Crippen LogP contribution in [0.15, 0.2) is 10.6 Å². The van der Waals surface area contributed by atoms with Crippen LogP contribution in [0.5, 0.6) is 0 Å². The minimum atomic E-state index is -0.0837. The average Bonchev–Trinajstić information content (AvgIpc) is 3.44. The zero-order chi connectivity index (χ0) is 18.1. The molecular formula is C19H26N4O3. The molecule has 0 atom stereocenters. The van der Waals surface area contributed by atoms with Crippen LogP contribution in [0.4, 0.5) is 0 Å². The highest BCUT2D eigenvalue weighted by molar-refractivity contribution is 6.06. The summed E-state index contributed by atoms with van der Waals surface area (Å²) in [6.07, 6.45) is 4.23. The number of carbonyl (C=O) groups excluding carboxylic acids is 1. The first-order valence-electron chi connectivity index (χ1n) is 9.37. The van der Waals surface area contributed by atoms with Gasteiger partial charge in [0, 0.05) is 30.7 Å². The molecule has 2 N–H and O–H groups in total. The van der Waals surface area contributed by atoms with E-state index in [2.05, 4.69) is 20.8 Å². The van der Waals surface area contributed by atoms with Gasteiger partial charge in [-0.25, -0.2) is 4.98 Å². The lowest BCUT2D eigenvalue weighted by Crippen LogP contribution is -2.47. The highest BCUT2D eigenvalue weighted by Gasteiger charge is 2.33. The minimum absolute atomic E-state index is 0.00911. The number of nitrogens with one attached hydrogen (secondary N) is 2. The Hall–Kier alpha value is -1.99. The topological polar surface area (TPSA) is 89.3 Å². The Morgan fingerprint density at radius 1 is 1.42 bits per heavy atom. The van der Waals surface area contributed by atoms with Crippen LogP contribution in [0.25, 0.3) is 11.1 Å². The largest absolute Gasteiger partial charge is 0.384 e. The third-order valence-electron chi connectivity index (χ3n) is 5.62. The molecule has 0 aromatic carbocycles. The van der Waals surface area contributed by atoms with Gasteiger partial charge in [0.2, 0.25) is 0 Å². The number of methoxy groups -OCH3 is 1. The lowest BCUT2D eigenvalue weighted by molar-refractivity contribution is 0.0512. The van der Waals surface area contributed by atoms with Gasteiger partial charge in [-0.05, 0) is 51.8 Å². The second-order valence-electron chi connectivity index (χ2n) is 7.68. The zero-order valence-corrected chi connectivity index (χ0v) is 15.4. The predicted molar refractivity (Wildman–Crippen MR) is 97.3 cm³/mol. The van der Waals surface area contributed by atoms with Gasteiger partial charge in [0.15, 0.2) is 0 Å². The summed E-state index contributed by atoms with van der Waals surface area (Å²) in [4.78, 5) is 17.6. The summed E-state index contributed by atoms with van der Waals surface area (Å²) in [5.74, 6) is 0.361. The molecule has 2 aromatic heterocycles. The van der Waals surface area contributed by atoms with Gasteiger partial charge in [-0.2, -0.15) is 0 Å². The molecule has 26 heavy (non-hydrogen) atoms. The van der Waals surface area contributed by atoms with Crippen LogP contribution in [0.3, 0.4) is 0 Å². The van der Waals surface area contributed by atoms with E-state index in [4.69, 9.17) is 9.26 Å². The van der Waals surface area contributed by atoms with Crippen LogP contribution in [0, 0.1) is 12.3 Å². The molecule has 2 aromatic rings. The molecular weight excluding hydrogens is 332 g/mol. The summed E-state index contributed by atoms with van der Waals surface area (Å²) in [5, 5.41) is 11.2. The molecule has 1 aliphatic heterocycles. The monoisotopic (exact) mass is 358 g/mol. The highest BCUT2D eigenvalue weighted by atomic mass is 16.5. The Morgan fingerprint density at radius 3 is 2.88 bits per heavy atom. The van der Waals surface area contributed by atoms with Gasteiger partial charge in [-0.3, -0.25) is 4.79 Å². The van der Waals surface area contributed by atoms with E-state index in [-0.39, 0.29) is 11.3 Å². The summed E-state index contributed by atoms with van der Waals surface area (Å²) in [5.41, 5.74) is 2.72. The van der Waals surface area contributed by atoms with E-state index in [1.165, 1.54) is 0 Å². The number of piperidine rings is 1. The van der Waals surface area contributed by atoms with Crippen LogP contribution in [0.1, 0.15) is 53.3 Å². The number of hydrogen-bond donors (Lipinski definition) is 2. The van der Waals surface area contributed by atoms with Crippen molar-refractivity contribution in [2.75, 3.05) is 33.4 Å². The van der Waals surface area contributed by atoms with Crippen molar-refractivity contribution in [1.29, 1.82) is 0 Å². The van der Waals surface area contributed by atoms with Crippen molar-refractivity contribution in [2.24, 2.45) is 5.41 Å². The van der Waals surface area contributed by atoms with E-state index in [1.54, 1.807) is 7.11 Å². The Balaban J connectivity index is 1.58. The molecule has 0 radical (unpaired) electrons. The number of carbonyl (C=O) groups is 1. The van der Waals surface area contributed by atoms with Gasteiger partial charge in [-0.15, -0.1) is 0 Å².